The zero-order valence-electron chi connectivity index (χ0n) is 28.9. The minimum atomic E-state index is 0.918. The average molecular weight is 679 g/mol. The molecule has 0 radical (unpaired) electrons. The summed E-state index contributed by atoms with van der Waals surface area (Å²) in [5, 5.41) is 2.43. The quantitative estimate of drug-likeness (QED) is 0.168. The molecule has 0 spiro atoms. The molecule has 53 heavy (non-hydrogen) atoms. The number of hydrogen-bond acceptors (Lipinski definition) is 2. The second kappa shape index (κ2) is 12.9. The van der Waals surface area contributed by atoms with Gasteiger partial charge in [0, 0.05) is 44.8 Å². The zero-order valence-corrected chi connectivity index (χ0v) is 28.9. The first-order valence-corrected chi connectivity index (χ1v) is 18.0. The SMILES string of the molecule is c1ccc(-c2ccc(-n3c4ccccc4c4cc(N(c5ccccc5)c5ccc(-c6nc7ccccc7n6-c6ccccc6)cc5)ccc43)cc2)cc1. The fraction of sp³-hybridized carbons (Fsp3) is 0. The van der Waals surface area contributed by atoms with Gasteiger partial charge in [-0.25, -0.2) is 4.98 Å². The predicted molar refractivity (Wildman–Crippen MR) is 221 cm³/mol. The number of aromatic nitrogens is 3. The largest absolute Gasteiger partial charge is 0.310 e. The Balaban J connectivity index is 1.08. The van der Waals surface area contributed by atoms with Crippen molar-refractivity contribution >= 4 is 49.9 Å². The van der Waals surface area contributed by atoms with Crippen molar-refractivity contribution in [3.8, 4) is 33.9 Å². The number of fused-ring (bicyclic) bond motifs is 4. The van der Waals surface area contributed by atoms with Gasteiger partial charge in [0.25, 0.3) is 0 Å². The minimum absolute atomic E-state index is 0.918. The molecule has 0 unspecified atom stereocenters. The van der Waals surface area contributed by atoms with Crippen molar-refractivity contribution < 1.29 is 0 Å². The molecule has 0 aliphatic heterocycles. The third-order valence-electron chi connectivity index (χ3n) is 10.1. The van der Waals surface area contributed by atoms with Crippen LogP contribution in [0.25, 0.3) is 66.7 Å². The zero-order chi connectivity index (χ0) is 35.1. The number of benzene rings is 8. The lowest BCUT2D eigenvalue weighted by Crippen LogP contribution is -2.09. The van der Waals surface area contributed by atoms with Crippen LogP contribution in [-0.4, -0.2) is 14.1 Å². The number of para-hydroxylation sites is 5. The molecular weight excluding hydrogens is 645 g/mol. The van der Waals surface area contributed by atoms with E-state index in [1.54, 1.807) is 0 Å². The summed E-state index contributed by atoms with van der Waals surface area (Å²) in [5.74, 6) is 0.918. The summed E-state index contributed by atoms with van der Waals surface area (Å²) in [4.78, 5) is 7.45. The standard InChI is InChI=1S/C49H34N4/c1-4-14-35(15-5-1)36-24-28-41(29-25-36)52-46-22-12-10-20-43(46)44-34-42(32-33-47(44)52)51(38-16-6-2-7-17-38)40-30-26-37(27-31-40)49-50-45-21-11-13-23-48(45)53(49)39-18-8-3-9-19-39/h1-34H. The summed E-state index contributed by atoms with van der Waals surface area (Å²) in [6.45, 7) is 0. The van der Waals surface area contributed by atoms with Crippen LogP contribution in [0.4, 0.5) is 17.1 Å². The summed E-state index contributed by atoms with van der Waals surface area (Å²) < 4.78 is 4.63. The lowest BCUT2D eigenvalue weighted by Gasteiger charge is -2.26. The second-order valence-electron chi connectivity index (χ2n) is 13.3. The van der Waals surface area contributed by atoms with Gasteiger partial charge in [0.05, 0.1) is 22.1 Å². The molecule has 10 aromatic rings. The molecule has 0 bridgehead atoms. The van der Waals surface area contributed by atoms with E-state index in [1.807, 2.05) is 12.1 Å². The van der Waals surface area contributed by atoms with Crippen LogP contribution >= 0.6 is 0 Å². The first-order valence-electron chi connectivity index (χ1n) is 18.0. The maximum Gasteiger partial charge on any atom is 0.145 e. The van der Waals surface area contributed by atoms with Crippen LogP contribution in [0.3, 0.4) is 0 Å². The van der Waals surface area contributed by atoms with Gasteiger partial charge in [0.1, 0.15) is 5.82 Å². The highest BCUT2D eigenvalue weighted by Crippen LogP contribution is 2.40. The van der Waals surface area contributed by atoms with Gasteiger partial charge >= 0.3 is 0 Å². The first-order chi connectivity index (χ1) is 26.3. The molecule has 10 rings (SSSR count). The molecular formula is C49H34N4. The number of imidazole rings is 1. The average Bonchev–Trinajstić information content (AvgIpc) is 3.79. The number of anilines is 3. The highest BCUT2D eigenvalue weighted by atomic mass is 15.1. The van der Waals surface area contributed by atoms with Crippen molar-refractivity contribution in [1.29, 1.82) is 0 Å². The Hall–Kier alpha value is -7.17. The van der Waals surface area contributed by atoms with Crippen LogP contribution in [0.2, 0.25) is 0 Å². The Labute approximate surface area is 308 Å². The predicted octanol–water partition coefficient (Wildman–Crippen LogP) is 12.9. The molecule has 4 heteroatoms. The van der Waals surface area contributed by atoms with Gasteiger partial charge in [0.2, 0.25) is 0 Å². The molecule has 0 fully saturated rings. The van der Waals surface area contributed by atoms with E-state index in [0.717, 1.165) is 50.9 Å². The maximum absolute atomic E-state index is 5.11. The third kappa shape index (κ3) is 5.36. The Morgan fingerprint density at radius 1 is 0.340 bits per heavy atom. The molecule has 250 valence electrons. The monoisotopic (exact) mass is 678 g/mol. The Morgan fingerprint density at radius 3 is 1.62 bits per heavy atom. The fourth-order valence-electron chi connectivity index (χ4n) is 7.65. The Kier molecular flexibility index (Phi) is 7.43. The van der Waals surface area contributed by atoms with Crippen molar-refractivity contribution in [1.82, 2.24) is 14.1 Å². The van der Waals surface area contributed by atoms with E-state index >= 15 is 0 Å². The molecule has 0 atom stereocenters. The van der Waals surface area contributed by atoms with Gasteiger partial charge < -0.3 is 9.47 Å². The van der Waals surface area contributed by atoms with E-state index in [1.165, 1.54) is 32.9 Å². The normalized spacial score (nSPS) is 11.4. The van der Waals surface area contributed by atoms with Crippen molar-refractivity contribution in [2.45, 2.75) is 0 Å². The molecule has 0 saturated carbocycles. The molecule has 2 heterocycles. The lowest BCUT2D eigenvalue weighted by molar-refractivity contribution is 1.10. The number of hydrogen-bond donors (Lipinski definition) is 0. The van der Waals surface area contributed by atoms with Crippen LogP contribution in [0.5, 0.6) is 0 Å². The third-order valence-corrected chi connectivity index (χ3v) is 10.1. The van der Waals surface area contributed by atoms with E-state index in [2.05, 4.69) is 208 Å². The maximum atomic E-state index is 5.11. The van der Waals surface area contributed by atoms with Crippen molar-refractivity contribution in [2.75, 3.05) is 4.90 Å². The molecule has 8 aromatic carbocycles. The second-order valence-corrected chi connectivity index (χ2v) is 13.3. The van der Waals surface area contributed by atoms with Gasteiger partial charge in [0.15, 0.2) is 0 Å². The van der Waals surface area contributed by atoms with Gasteiger partial charge in [-0.2, -0.15) is 0 Å². The summed E-state index contributed by atoms with van der Waals surface area (Å²) >= 11 is 0. The highest BCUT2D eigenvalue weighted by Gasteiger charge is 2.19. The van der Waals surface area contributed by atoms with Gasteiger partial charge in [-0.15, -0.1) is 0 Å². The summed E-state index contributed by atoms with van der Waals surface area (Å²) in [7, 11) is 0. The number of rotatable bonds is 7. The van der Waals surface area contributed by atoms with E-state index in [9.17, 15) is 0 Å². The lowest BCUT2D eigenvalue weighted by atomic mass is 10.1. The molecule has 0 aliphatic rings. The van der Waals surface area contributed by atoms with Crippen LogP contribution in [0.15, 0.2) is 206 Å². The molecule has 0 saturated heterocycles. The van der Waals surface area contributed by atoms with Gasteiger partial charge in [-0.05, 0) is 108 Å². The topological polar surface area (TPSA) is 26.0 Å². The van der Waals surface area contributed by atoms with Crippen LogP contribution in [0, 0.1) is 0 Å². The molecule has 4 nitrogen and oxygen atoms in total. The van der Waals surface area contributed by atoms with Crippen LogP contribution in [-0.2, 0) is 0 Å². The smallest absolute Gasteiger partial charge is 0.145 e. The number of nitrogens with zero attached hydrogens (tertiary/aromatic N) is 4. The minimum Gasteiger partial charge on any atom is -0.310 e. The molecule has 2 aromatic heterocycles. The van der Waals surface area contributed by atoms with Crippen LogP contribution in [0.1, 0.15) is 0 Å². The summed E-state index contributed by atoms with van der Waals surface area (Å²) in [5.41, 5.74) is 13.4. The van der Waals surface area contributed by atoms with Crippen molar-refractivity contribution in [2.24, 2.45) is 0 Å². The van der Waals surface area contributed by atoms with E-state index < -0.39 is 0 Å². The van der Waals surface area contributed by atoms with Gasteiger partial charge in [-0.1, -0.05) is 109 Å². The van der Waals surface area contributed by atoms with E-state index in [-0.39, 0.29) is 0 Å². The summed E-state index contributed by atoms with van der Waals surface area (Å²) in [6, 6.07) is 73.2. The molecule has 0 aliphatic carbocycles. The van der Waals surface area contributed by atoms with Crippen molar-refractivity contribution in [3.05, 3.63) is 206 Å². The fourth-order valence-corrected chi connectivity index (χ4v) is 7.65. The Morgan fingerprint density at radius 2 is 0.868 bits per heavy atom. The molecule has 0 N–H and O–H groups in total. The van der Waals surface area contributed by atoms with Crippen LogP contribution < -0.4 is 4.90 Å². The molecule has 0 amide bonds. The van der Waals surface area contributed by atoms with E-state index in [0.29, 0.717) is 0 Å². The first kappa shape index (κ1) is 30.6. The van der Waals surface area contributed by atoms with Gasteiger partial charge in [-0.3, -0.25) is 4.57 Å². The summed E-state index contributed by atoms with van der Waals surface area (Å²) in [6.07, 6.45) is 0. The highest BCUT2D eigenvalue weighted by molar-refractivity contribution is 6.10. The van der Waals surface area contributed by atoms with Crippen molar-refractivity contribution in [3.63, 3.8) is 0 Å². The Bertz CT molecular complexity index is 2850. The van der Waals surface area contributed by atoms with E-state index in [4.69, 9.17) is 4.98 Å².